The molecular weight excluding hydrogens is 393 g/mol. The summed E-state index contributed by atoms with van der Waals surface area (Å²) in [6.45, 7) is 0. The Morgan fingerprint density at radius 1 is 1.14 bits per heavy atom. The van der Waals surface area contributed by atoms with Crippen LogP contribution in [0, 0.1) is 3.57 Å². The van der Waals surface area contributed by atoms with Crippen LogP contribution in [0.2, 0.25) is 0 Å². The van der Waals surface area contributed by atoms with E-state index in [0.29, 0.717) is 5.75 Å². The van der Waals surface area contributed by atoms with Gasteiger partial charge >= 0.3 is 123 Å². The van der Waals surface area contributed by atoms with Gasteiger partial charge in [0.25, 0.3) is 0 Å². The average Bonchev–Trinajstić information content (AvgIpc) is 2.68. The van der Waals surface area contributed by atoms with Crippen molar-refractivity contribution in [2.45, 2.75) is 0 Å². The minimum atomic E-state index is -5.96. The zero-order valence-electron chi connectivity index (χ0n) is 11.0. The van der Waals surface area contributed by atoms with E-state index < -0.39 is 24.7 Å². The molecule has 2 heterocycles. The van der Waals surface area contributed by atoms with E-state index in [1.54, 1.807) is 24.3 Å². The van der Waals surface area contributed by atoms with Gasteiger partial charge in [-0.25, -0.2) is 0 Å². The Morgan fingerprint density at radius 2 is 1.81 bits per heavy atom. The van der Waals surface area contributed by atoms with Gasteiger partial charge in [0.1, 0.15) is 0 Å². The third kappa shape index (κ3) is 2.30. The molecule has 1 aliphatic heterocycles. The molecule has 0 amide bonds. The molecule has 8 heteroatoms. The Morgan fingerprint density at radius 3 is 2.48 bits per heavy atom. The number of hydrogen-bond acceptors (Lipinski definition) is 6. The van der Waals surface area contributed by atoms with Crippen LogP contribution >= 0.6 is 18.7 Å². The van der Waals surface area contributed by atoms with Crippen molar-refractivity contribution in [2.75, 3.05) is 7.11 Å². The summed E-state index contributed by atoms with van der Waals surface area (Å²) in [4.78, 5) is 11.8. The first kappa shape index (κ1) is 14.0. The molecule has 21 heavy (non-hydrogen) atoms. The summed E-state index contributed by atoms with van der Waals surface area (Å²) < 4.78 is 37.3. The third-order valence-corrected chi connectivity index (χ3v) is 8.15. The Labute approximate surface area is 123 Å². The molecule has 1 aromatic heterocycles. The number of ether oxygens (including phenoxy) is 1. The average molecular weight is 406 g/mol. The molecule has 3 rings (SSSR count). The molecular formula is C13H13INO6+. The van der Waals surface area contributed by atoms with E-state index in [4.69, 9.17) is 11.0 Å². The molecule has 0 saturated heterocycles. The van der Waals surface area contributed by atoms with Crippen LogP contribution in [0.4, 0.5) is 0 Å². The predicted molar refractivity (Wildman–Crippen MR) is 78.8 cm³/mol. The number of fused-ring (bicyclic) bond motifs is 1. The summed E-state index contributed by atoms with van der Waals surface area (Å²) in [6.07, 6.45) is 2.85. The van der Waals surface area contributed by atoms with Crippen LogP contribution in [0.5, 0.6) is 5.75 Å². The van der Waals surface area contributed by atoms with Crippen molar-refractivity contribution in [3.63, 3.8) is 0 Å². The van der Waals surface area contributed by atoms with E-state index in [1.807, 2.05) is 0 Å². The quantitative estimate of drug-likeness (QED) is 0.576. The summed E-state index contributed by atoms with van der Waals surface area (Å²) in [5, 5.41) is 0. The number of aromatic nitrogens is 1. The molecule has 0 radical (unpaired) electrons. The van der Waals surface area contributed by atoms with Crippen LogP contribution in [-0.4, -0.2) is 20.0 Å². The molecule has 0 saturated carbocycles. The molecule has 7 nitrogen and oxygen atoms in total. The number of carbonyl (C=O) groups is 1. The number of pyridine rings is 1. The van der Waals surface area contributed by atoms with Crippen molar-refractivity contribution >= 4 is 24.7 Å². The number of rotatable bonds is 3. The fourth-order valence-electron chi connectivity index (χ4n) is 1.89. The standard InChI is InChI=1S/C13H13INO6/c1-19-10-6-8-15(9-7-10)21-14(17,18)12-5-3-2-4-11(12)13(16)20-14/h2-9,17-18H,1H3/q+1. The normalized spacial score (nSPS) is 19.8. The maximum atomic E-state index is 11.8. The van der Waals surface area contributed by atoms with Crippen LogP contribution in [0.15, 0.2) is 48.8 Å². The van der Waals surface area contributed by atoms with Gasteiger partial charge in [-0.05, 0) is 0 Å². The first-order valence-electron chi connectivity index (χ1n) is 5.88. The number of halogens is 1. The molecule has 112 valence electrons. The molecule has 0 unspecified atom stereocenters. The second-order valence-electron chi connectivity index (χ2n) is 4.25. The summed E-state index contributed by atoms with van der Waals surface area (Å²) in [5.41, 5.74) is 0.103. The molecule has 0 fully saturated rings. The van der Waals surface area contributed by atoms with Gasteiger partial charge in [0.2, 0.25) is 0 Å². The molecule has 2 N–H and O–H groups in total. The van der Waals surface area contributed by atoms with Crippen LogP contribution in [-0.2, 0) is 3.07 Å². The van der Waals surface area contributed by atoms with Gasteiger partial charge in [-0.15, -0.1) is 0 Å². The summed E-state index contributed by atoms with van der Waals surface area (Å²) >= 11 is -5.96. The summed E-state index contributed by atoms with van der Waals surface area (Å²) in [5.74, 6) is -0.233. The third-order valence-electron chi connectivity index (χ3n) is 2.86. The first-order chi connectivity index (χ1) is 9.91. The second-order valence-corrected chi connectivity index (χ2v) is 10.5. The predicted octanol–water partition coefficient (Wildman–Crippen LogP) is 0.674. The minimum absolute atomic E-state index is 0.00339. The fraction of sp³-hybridized carbons (Fsp3) is 0.0769. The zero-order valence-corrected chi connectivity index (χ0v) is 13.1. The van der Waals surface area contributed by atoms with E-state index in [9.17, 15) is 11.7 Å². The van der Waals surface area contributed by atoms with E-state index in [-0.39, 0.29) is 9.13 Å². The van der Waals surface area contributed by atoms with E-state index >= 15 is 0 Å². The van der Waals surface area contributed by atoms with E-state index in [1.165, 1.54) is 31.6 Å². The zero-order chi connectivity index (χ0) is 15.1. The van der Waals surface area contributed by atoms with Gasteiger partial charge in [0, 0.05) is 0 Å². The van der Waals surface area contributed by atoms with Crippen molar-refractivity contribution in [1.82, 2.24) is 0 Å². The van der Waals surface area contributed by atoms with E-state index in [2.05, 4.69) is 0 Å². The fourth-order valence-corrected chi connectivity index (χ4v) is 6.68. The molecule has 0 atom stereocenters. The van der Waals surface area contributed by atoms with Gasteiger partial charge in [-0.3, -0.25) is 0 Å². The Kier molecular flexibility index (Phi) is 3.04. The van der Waals surface area contributed by atoms with Crippen LogP contribution in [0.1, 0.15) is 10.4 Å². The van der Waals surface area contributed by atoms with Gasteiger partial charge in [-0.1, -0.05) is 0 Å². The monoisotopic (exact) mass is 406 g/mol. The van der Waals surface area contributed by atoms with Gasteiger partial charge in [0.05, 0.1) is 0 Å². The molecule has 1 aliphatic rings. The number of nitrogens with zero attached hydrogens (tertiary/aromatic N) is 1. The Bertz CT molecular complexity index is 715. The van der Waals surface area contributed by atoms with Crippen molar-refractivity contribution in [3.05, 3.63) is 57.9 Å². The topological polar surface area (TPSA) is 89.1 Å². The Balaban J connectivity index is 2.01. The second kappa shape index (κ2) is 4.55. The molecule has 0 aliphatic carbocycles. The van der Waals surface area contributed by atoms with Crippen molar-refractivity contribution < 1.29 is 27.4 Å². The van der Waals surface area contributed by atoms with Gasteiger partial charge < -0.3 is 0 Å². The van der Waals surface area contributed by atoms with Crippen LogP contribution in [0.3, 0.4) is 0 Å². The maximum absolute atomic E-state index is 11.8. The summed E-state index contributed by atoms with van der Waals surface area (Å²) in [7, 11) is 1.51. The van der Waals surface area contributed by atoms with Gasteiger partial charge in [0.15, 0.2) is 0 Å². The number of methoxy groups -OCH3 is 1. The SMILES string of the molecule is COc1cc[n+](OI2(O)(O)OC(=O)c3ccccc32)cc1. The molecule has 1 aromatic carbocycles. The number of carbonyl (C=O) groups excluding carboxylic acids is 1. The van der Waals surface area contributed by atoms with Gasteiger partial charge in [-0.2, -0.15) is 0 Å². The molecule has 0 bridgehead atoms. The van der Waals surface area contributed by atoms with E-state index in [0.717, 1.165) is 4.73 Å². The van der Waals surface area contributed by atoms with Crippen molar-refractivity contribution in [1.29, 1.82) is 0 Å². The summed E-state index contributed by atoms with van der Waals surface area (Å²) in [6, 6.07) is 9.20. The Hall–Kier alpha value is -1.91. The number of hydrogen-bond donors (Lipinski definition) is 2. The van der Waals surface area contributed by atoms with Crippen molar-refractivity contribution in [3.8, 4) is 5.75 Å². The molecule has 2 aromatic rings. The number of benzene rings is 1. The van der Waals surface area contributed by atoms with Crippen LogP contribution < -0.4 is 12.6 Å². The van der Waals surface area contributed by atoms with Crippen molar-refractivity contribution in [2.24, 2.45) is 0 Å². The first-order valence-corrected chi connectivity index (χ1v) is 10.6. The molecule has 0 spiro atoms. The van der Waals surface area contributed by atoms with Crippen LogP contribution in [0.25, 0.3) is 0 Å².